The Morgan fingerprint density at radius 2 is 1.62 bits per heavy atom. The van der Waals surface area contributed by atoms with Crippen molar-refractivity contribution in [1.29, 1.82) is 5.26 Å². The second-order valence-corrected chi connectivity index (χ2v) is 8.72. The lowest BCUT2D eigenvalue weighted by Crippen LogP contribution is -2.12. The molecule has 178 valence electrons. The Bertz CT molecular complexity index is 1320. The first kappa shape index (κ1) is 26.0. The van der Waals surface area contributed by atoms with Gasteiger partial charge in [0.1, 0.15) is 16.7 Å². The largest absolute Gasteiger partial charge is 0.508 e. The fourth-order valence-corrected chi connectivity index (χ4v) is 4.46. The Balaban J connectivity index is 2.37. The van der Waals surface area contributed by atoms with Crippen molar-refractivity contribution in [2.75, 3.05) is 0 Å². The highest BCUT2D eigenvalue weighted by Crippen LogP contribution is 2.47. The third kappa shape index (κ3) is 5.22. The molecule has 3 rings (SSSR count). The summed E-state index contributed by atoms with van der Waals surface area (Å²) in [4.78, 5) is -0.735. The van der Waals surface area contributed by atoms with Gasteiger partial charge in [-0.05, 0) is 36.0 Å². The molecule has 5 nitrogen and oxygen atoms in total. The average Bonchev–Trinajstić information content (AvgIpc) is 3.02. The fourth-order valence-electron chi connectivity index (χ4n) is 2.83. The zero-order chi connectivity index (χ0) is 25.6. The van der Waals surface area contributed by atoms with Crippen molar-refractivity contribution in [3.63, 3.8) is 0 Å². The molecule has 1 aromatic heterocycles. The van der Waals surface area contributed by atoms with E-state index in [1.165, 1.54) is 18.2 Å². The van der Waals surface area contributed by atoms with Gasteiger partial charge in [-0.2, -0.15) is 31.6 Å². The van der Waals surface area contributed by atoms with Crippen LogP contribution in [-0.4, -0.2) is 27.1 Å². The highest BCUT2D eigenvalue weighted by molar-refractivity contribution is 8.00. The van der Waals surface area contributed by atoms with Crippen molar-refractivity contribution in [1.82, 2.24) is 14.4 Å². The highest BCUT2D eigenvalue weighted by atomic mass is 35.5. The van der Waals surface area contributed by atoms with E-state index in [-0.39, 0.29) is 16.5 Å². The van der Waals surface area contributed by atoms with E-state index in [2.05, 4.69) is 11.8 Å². The number of rotatable bonds is 4. The third-order valence-corrected chi connectivity index (χ3v) is 5.87. The Labute approximate surface area is 206 Å². The average molecular weight is 561 g/mol. The second-order valence-electron chi connectivity index (χ2n) is 6.42. The van der Waals surface area contributed by atoms with Crippen molar-refractivity contribution in [2.24, 2.45) is 0 Å². The molecular weight excluding hydrogens is 553 g/mol. The van der Waals surface area contributed by atoms with E-state index in [0.29, 0.717) is 16.8 Å². The summed E-state index contributed by atoms with van der Waals surface area (Å²) in [5, 5.41) is 21.4. The van der Waals surface area contributed by atoms with Crippen molar-refractivity contribution in [3.8, 4) is 17.5 Å². The maximum absolute atomic E-state index is 13.3. The Morgan fingerprint density at radius 3 is 2.09 bits per heavy atom. The van der Waals surface area contributed by atoms with Crippen LogP contribution in [0, 0.1) is 11.3 Å². The minimum absolute atomic E-state index is 0.0340. The van der Waals surface area contributed by atoms with E-state index in [9.17, 15) is 36.7 Å². The molecule has 3 aromatic rings. The summed E-state index contributed by atoms with van der Waals surface area (Å²) in [6.45, 7) is 3.66. The number of hydrogen-bond acceptors (Lipinski definition) is 4. The van der Waals surface area contributed by atoms with Crippen LogP contribution in [0.3, 0.4) is 0 Å². The first-order valence-electron chi connectivity index (χ1n) is 8.58. The summed E-state index contributed by atoms with van der Waals surface area (Å²) in [7, 11) is 0. The number of aromatic nitrogens is 2. The predicted molar refractivity (Wildman–Crippen MR) is 117 cm³/mol. The second kappa shape index (κ2) is 9.22. The first-order chi connectivity index (χ1) is 15.6. The molecule has 0 saturated carbocycles. The number of thioether (sulfide) groups is 1. The fraction of sp³-hybridized carbons (Fsp3) is 0.105. The number of nitrogens with zero attached hydrogens (tertiary/aromatic N) is 4. The van der Waals surface area contributed by atoms with Crippen LogP contribution >= 0.6 is 46.6 Å². The molecule has 0 radical (unpaired) electrons. The van der Waals surface area contributed by atoms with Gasteiger partial charge < -0.3 is 5.11 Å². The highest BCUT2D eigenvalue weighted by Gasteiger charge is 2.41. The number of phenols is 1. The van der Waals surface area contributed by atoms with Crippen molar-refractivity contribution in [3.05, 3.63) is 56.7 Å². The third-order valence-electron chi connectivity index (χ3n) is 4.18. The molecule has 0 saturated heterocycles. The summed E-state index contributed by atoms with van der Waals surface area (Å²) in [5.41, 5.74) is -7.29. The van der Waals surface area contributed by atoms with Gasteiger partial charge >= 0.3 is 17.5 Å². The van der Waals surface area contributed by atoms with Crippen LogP contribution in [0.25, 0.3) is 5.69 Å². The molecular formula is C19H8Cl3F6N4OS+. The van der Waals surface area contributed by atoms with Gasteiger partial charge in [-0.25, -0.2) is 4.58 Å². The molecule has 0 spiro atoms. The molecule has 0 aliphatic carbocycles. The molecule has 0 bridgehead atoms. The van der Waals surface area contributed by atoms with Crippen LogP contribution < -0.4 is 4.58 Å². The Hall–Kier alpha value is -2.59. The monoisotopic (exact) mass is 559 g/mol. The molecule has 0 unspecified atom stereocenters. The summed E-state index contributed by atoms with van der Waals surface area (Å²) in [5.74, 6) is -0.776. The quantitative estimate of drug-likeness (QED) is 0.155. The molecule has 15 heteroatoms. The van der Waals surface area contributed by atoms with Gasteiger partial charge in [0, 0.05) is 6.07 Å². The van der Waals surface area contributed by atoms with Crippen LogP contribution in [0.1, 0.15) is 11.3 Å². The standard InChI is InChI=1S/C19H7Cl3F6N4OS/c1-31(14-3-2-9(33)6-10(14)20)17-16(34-19(26,27)28)13(7-29)30-32(17)15-11(21)4-8(5-12(15)22)18(23,24)25/h2-6H,1H2/p+1. The van der Waals surface area contributed by atoms with E-state index >= 15 is 0 Å². The van der Waals surface area contributed by atoms with Crippen LogP contribution in [0.15, 0.2) is 35.2 Å². The Morgan fingerprint density at radius 1 is 1.03 bits per heavy atom. The van der Waals surface area contributed by atoms with E-state index in [1.807, 2.05) is 0 Å². The van der Waals surface area contributed by atoms with E-state index in [4.69, 9.17) is 34.8 Å². The molecule has 0 aliphatic heterocycles. The number of nitriles is 1. The number of hydrogen-bond donors (Lipinski definition) is 1. The Kier molecular flexibility index (Phi) is 7.06. The summed E-state index contributed by atoms with van der Waals surface area (Å²) in [6.07, 6.45) is -4.81. The molecule has 0 amide bonds. The summed E-state index contributed by atoms with van der Waals surface area (Å²) < 4.78 is 80.9. The SMILES string of the molecule is C=[N+](c1ccc(O)cc1Cl)c1c(SC(F)(F)F)c(C#N)nn1-c1c(Cl)cc(C(F)(F)F)cc1Cl. The lowest BCUT2D eigenvalue weighted by atomic mass is 10.2. The van der Waals surface area contributed by atoms with E-state index < -0.39 is 61.1 Å². The molecule has 0 fully saturated rings. The van der Waals surface area contributed by atoms with Gasteiger partial charge in [-0.15, -0.1) is 0 Å². The van der Waals surface area contributed by atoms with Crippen LogP contribution in [0.4, 0.5) is 37.8 Å². The number of aromatic hydroxyl groups is 1. The zero-order valence-electron chi connectivity index (χ0n) is 16.1. The molecule has 0 aliphatic rings. The van der Waals surface area contributed by atoms with E-state index in [1.54, 1.807) is 0 Å². The molecule has 2 aromatic carbocycles. The number of halogens is 9. The minimum Gasteiger partial charge on any atom is -0.508 e. The van der Waals surface area contributed by atoms with Crippen LogP contribution in [0.2, 0.25) is 15.1 Å². The normalized spacial score (nSPS) is 12.0. The van der Waals surface area contributed by atoms with Crippen molar-refractivity contribution < 1.29 is 31.4 Å². The van der Waals surface area contributed by atoms with Crippen molar-refractivity contribution >= 4 is 64.8 Å². The first-order valence-corrected chi connectivity index (χ1v) is 10.5. The number of alkyl halides is 6. The predicted octanol–water partition coefficient (Wildman–Crippen LogP) is 7.58. The maximum Gasteiger partial charge on any atom is 0.446 e. The van der Waals surface area contributed by atoms with Gasteiger partial charge in [0.05, 0.1) is 27.3 Å². The molecule has 0 atom stereocenters. The summed E-state index contributed by atoms with van der Waals surface area (Å²) in [6, 6.07) is 5.99. The minimum atomic E-state index is -4.89. The van der Waals surface area contributed by atoms with Crippen molar-refractivity contribution in [2.45, 2.75) is 16.6 Å². The topological polar surface area (TPSA) is 64.8 Å². The van der Waals surface area contributed by atoms with Gasteiger partial charge in [0.25, 0.3) is 0 Å². The molecule has 1 N–H and O–H groups in total. The van der Waals surface area contributed by atoms with Crippen LogP contribution in [0.5, 0.6) is 5.75 Å². The lowest BCUT2D eigenvalue weighted by molar-refractivity contribution is -0.137. The van der Waals surface area contributed by atoms with E-state index in [0.717, 1.165) is 10.6 Å². The molecule has 34 heavy (non-hydrogen) atoms. The van der Waals surface area contributed by atoms with Gasteiger partial charge in [-0.3, -0.25) is 0 Å². The maximum atomic E-state index is 13.3. The summed E-state index contributed by atoms with van der Waals surface area (Å²) >= 11 is 17.5. The number of phenolic OH excluding ortho intramolecular Hbond substituents is 1. The van der Waals surface area contributed by atoms with Crippen LogP contribution in [-0.2, 0) is 6.18 Å². The van der Waals surface area contributed by atoms with Gasteiger partial charge in [0.2, 0.25) is 5.69 Å². The van der Waals surface area contributed by atoms with Gasteiger partial charge in [0.15, 0.2) is 11.4 Å². The lowest BCUT2D eigenvalue weighted by Gasteiger charge is -2.12. The number of benzene rings is 2. The molecule has 1 heterocycles. The van der Waals surface area contributed by atoms with Gasteiger partial charge in [-0.1, -0.05) is 44.6 Å². The zero-order valence-corrected chi connectivity index (χ0v) is 19.2. The smallest absolute Gasteiger partial charge is 0.446 e.